The average Bonchev–Trinajstić information content (AvgIpc) is 3.68. The predicted molar refractivity (Wildman–Crippen MR) is 185 cm³/mol. The Balaban J connectivity index is 0.000000247. The van der Waals surface area contributed by atoms with Gasteiger partial charge in [-0.25, -0.2) is 19.6 Å². The normalized spacial score (nSPS) is 11.1. The molecule has 234 valence electrons. The first kappa shape index (κ1) is 32.3. The van der Waals surface area contributed by atoms with Gasteiger partial charge in [0.1, 0.15) is 0 Å². The number of carbonyl (C=O) groups is 3. The molecule has 11 heteroatoms. The van der Waals surface area contributed by atoms with Gasteiger partial charge in [-0.3, -0.25) is 4.79 Å². The number of anilines is 2. The molecule has 0 aliphatic rings. The van der Waals surface area contributed by atoms with E-state index in [0.717, 1.165) is 26.0 Å². The predicted octanol–water partition coefficient (Wildman–Crippen LogP) is 7.96. The van der Waals surface area contributed by atoms with Crippen molar-refractivity contribution in [3.63, 3.8) is 0 Å². The van der Waals surface area contributed by atoms with Crippen LogP contribution in [0.2, 0.25) is 0 Å². The Morgan fingerprint density at radius 2 is 1.30 bits per heavy atom. The molecule has 0 spiro atoms. The van der Waals surface area contributed by atoms with E-state index in [1.54, 1.807) is 30.3 Å². The molecule has 6 rings (SSSR count). The third-order valence-electron chi connectivity index (χ3n) is 7.01. The zero-order valence-electron chi connectivity index (χ0n) is 25.9. The van der Waals surface area contributed by atoms with Crippen LogP contribution in [0, 0.1) is 0 Å². The molecular formula is C35H32N4O5S2. The van der Waals surface area contributed by atoms with Gasteiger partial charge in [-0.1, -0.05) is 63.2 Å². The number of nitrogen functional groups attached to an aromatic ring is 1. The number of nitrogens with zero attached hydrogens (tertiary/aromatic N) is 2. The first-order chi connectivity index (χ1) is 22.0. The molecule has 0 aliphatic carbocycles. The first-order valence-electron chi connectivity index (χ1n) is 14.2. The molecule has 0 saturated heterocycles. The molecule has 4 aromatic carbocycles. The number of amides is 1. The minimum atomic E-state index is -0.469. The largest absolute Gasteiger partial charge is 0.464 e. The van der Waals surface area contributed by atoms with Crippen molar-refractivity contribution < 1.29 is 23.9 Å². The number of fused-ring (bicyclic) bond motifs is 2. The number of methoxy groups -OCH3 is 2. The second kappa shape index (κ2) is 13.5. The number of hydrogen-bond acceptors (Lipinski definition) is 10. The monoisotopic (exact) mass is 652 g/mol. The SMILES string of the molecule is COC(=O)c1nc2ccc(N)cc2s1.COC(=O)c1nc2ccc(NC(=O)c3ccccc3-c3ccc(C(C)(C)C)cc3)cc2s1. The van der Waals surface area contributed by atoms with Crippen molar-refractivity contribution in [2.45, 2.75) is 26.2 Å². The summed E-state index contributed by atoms with van der Waals surface area (Å²) in [5.41, 5.74) is 12.1. The number of carbonyl (C=O) groups excluding carboxylic acids is 3. The fourth-order valence-electron chi connectivity index (χ4n) is 4.57. The molecule has 6 aromatic rings. The quantitative estimate of drug-likeness (QED) is 0.142. The summed E-state index contributed by atoms with van der Waals surface area (Å²) >= 11 is 2.51. The first-order valence-corrected chi connectivity index (χ1v) is 15.8. The lowest BCUT2D eigenvalue weighted by Gasteiger charge is -2.19. The van der Waals surface area contributed by atoms with Crippen molar-refractivity contribution in [1.29, 1.82) is 0 Å². The highest BCUT2D eigenvalue weighted by atomic mass is 32.1. The molecule has 0 atom stereocenters. The van der Waals surface area contributed by atoms with Gasteiger partial charge in [-0.2, -0.15) is 0 Å². The van der Waals surface area contributed by atoms with Crippen molar-refractivity contribution in [3.05, 3.63) is 106 Å². The Labute approximate surface area is 274 Å². The second-order valence-corrected chi connectivity index (χ2v) is 13.3. The summed E-state index contributed by atoms with van der Waals surface area (Å²) in [6, 6.07) is 26.6. The van der Waals surface area contributed by atoms with Crippen LogP contribution in [0.25, 0.3) is 31.6 Å². The van der Waals surface area contributed by atoms with Crippen LogP contribution in [-0.2, 0) is 14.9 Å². The molecule has 3 N–H and O–H groups in total. The standard InChI is InChI=1S/C26H24N2O3S.C9H8N2O2S/c1-26(2,3)17-11-9-16(10-12-17)19-7-5-6-8-20(19)23(29)27-18-13-14-21-22(15-18)32-24(28-21)25(30)31-4;1-13-9(12)8-11-6-3-2-5(10)4-7(6)14-8/h5-15H,1-4H3,(H,27,29);2-4H,10H2,1H3. The molecule has 0 aliphatic heterocycles. The Kier molecular flexibility index (Phi) is 9.45. The molecule has 0 bridgehead atoms. The molecule has 0 fully saturated rings. The summed E-state index contributed by atoms with van der Waals surface area (Å²) in [4.78, 5) is 44.4. The van der Waals surface area contributed by atoms with E-state index < -0.39 is 11.9 Å². The molecule has 0 radical (unpaired) electrons. The van der Waals surface area contributed by atoms with Crippen LogP contribution < -0.4 is 11.1 Å². The summed E-state index contributed by atoms with van der Waals surface area (Å²) < 4.78 is 11.0. The fraction of sp³-hybridized carbons (Fsp3) is 0.171. The highest BCUT2D eigenvalue weighted by Crippen LogP contribution is 2.30. The zero-order valence-corrected chi connectivity index (χ0v) is 27.5. The van der Waals surface area contributed by atoms with Crippen LogP contribution in [0.3, 0.4) is 0 Å². The topological polar surface area (TPSA) is 134 Å². The summed E-state index contributed by atoms with van der Waals surface area (Å²) in [6.07, 6.45) is 0. The van der Waals surface area contributed by atoms with Gasteiger partial charge < -0.3 is 20.5 Å². The third-order valence-corrected chi connectivity index (χ3v) is 9.01. The number of esters is 2. The summed E-state index contributed by atoms with van der Waals surface area (Å²) in [7, 11) is 2.66. The Morgan fingerprint density at radius 1 is 0.739 bits per heavy atom. The van der Waals surface area contributed by atoms with E-state index in [4.69, 9.17) is 10.5 Å². The van der Waals surface area contributed by atoms with Crippen LogP contribution in [0.4, 0.5) is 11.4 Å². The van der Waals surface area contributed by atoms with Crippen LogP contribution in [0.5, 0.6) is 0 Å². The van der Waals surface area contributed by atoms with E-state index in [-0.39, 0.29) is 16.3 Å². The van der Waals surface area contributed by atoms with Gasteiger partial charge in [0.2, 0.25) is 10.0 Å². The number of rotatable bonds is 5. The van der Waals surface area contributed by atoms with Gasteiger partial charge in [0.05, 0.1) is 34.7 Å². The Bertz CT molecular complexity index is 2060. The van der Waals surface area contributed by atoms with E-state index in [2.05, 4.69) is 65.1 Å². The third kappa shape index (κ3) is 7.22. The van der Waals surface area contributed by atoms with Crippen LogP contribution in [0.15, 0.2) is 84.9 Å². The highest BCUT2D eigenvalue weighted by Gasteiger charge is 2.17. The van der Waals surface area contributed by atoms with Crippen LogP contribution in [0.1, 0.15) is 56.3 Å². The van der Waals surface area contributed by atoms with Crippen molar-refractivity contribution in [1.82, 2.24) is 9.97 Å². The molecule has 0 unspecified atom stereocenters. The maximum Gasteiger partial charge on any atom is 0.367 e. The number of aromatic nitrogens is 2. The molecule has 46 heavy (non-hydrogen) atoms. The van der Waals surface area contributed by atoms with Crippen molar-refractivity contribution in [3.8, 4) is 11.1 Å². The van der Waals surface area contributed by atoms with E-state index in [9.17, 15) is 14.4 Å². The van der Waals surface area contributed by atoms with Crippen molar-refractivity contribution in [2.75, 3.05) is 25.3 Å². The molecule has 1 amide bonds. The molecule has 2 aromatic heterocycles. The van der Waals surface area contributed by atoms with E-state index in [0.29, 0.717) is 27.5 Å². The number of benzene rings is 4. The maximum absolute atomic E-state index is 13.1. The number of hydrogen-bond donors (Lipinski definition) is 2. The number of thiazole rings is 2. The van der Waals surface area contributed by atoms with Gasteiger partial charge in [0.25, 0.3) is 5.91 Å². The van der Waals surface area contributed by atoms with Gasteiger partial charge in [0, 0.05) is 16.9 Å². The van der Waals surface area contributed by atoms with Crippen LogP contribution in [-0.4, -0.2) is 42.0 Å². The lowest BCUT2D eigenvalue weighted by molar-refractivity contribution is 0.0591. The van der Waals surface area contributed by atoms with Crippen LogP contribution >= 0.6 is 22.7 Å². The van der Waals surface area contributed by atoms with Gasteiger partial charge in [0.15, 0.2) is 0 Å². The highest BCUT2D eigenvalue weighted by molar-refractivity contribution is 7.20. The number of nitrogens with one attached hydrogen (secondary N) is 1. The lowest BCUT2D eigenvalue weighted by Crippen LogP contribution is -2.13. The molecule has 9 nitrogen and oxygen atoms in total. The van der Waals surface area contributed by atoms with Crippen molar-refractivity contribution in [2.24, 2.45) is 0 Å². The Hall–Kier alpha value is -5.13. The average molecular weight is 653 g/mol. The van der Waals surface area contributed by atoms with Gasteiger partial charge in [-0.15, -0.1) is 22.7 Å². The van der Waals surface area contributed by atoms with Crippen molar-refractivity contribution >= 4 is 72.3 Å². The summed E-state index contributed by atoms with van der Waals surface area (Å²) in [5, 5.41) is 3.61. The van der Waals surface area contributed by atoms with Gasteiger partial charge in [-0.05, 0) is 64.6 Å². The molecule has 2 heterocycles. The minimum absolute atomic E-state index is 0.0679. The minimum Gasteiger partial charge on any atom is -0.464 e. The number of ether oxygens (including phenoxy) is 2. The van der Waals surface area contributed by atoms with E-state index in [1.807, 2.05) is 30.3 Å². The maximum atomic E-state index is 13.1. The number of nitrogens with two attached hydrogens (primary N) is 1. The van der Waals surface area contributed by atoms with Gasteiger partial charge >= 0.3 is 11.9 Å². The molecular weight excluding hydrogens is 621 g/mol. The zero-order chi connectivity index (χ0) is 33.0. The van der Waals surface area contributed by atoms with E-state index in [1.165, 1.54) is 42.5 Å². The summed E-state index contributed by atoms with van der Waals surface area (Å²) in [6.45, 7) is 6.53. The summed E-state index contributed by atoms with van der Waals surface area (Å²) in [5.74, 6) is -1.08. The fourth-order valence-corrected chi connectivity index (χ4v) is 6.43. The lowest BCUT2D eigenvalue weighted by atomic mass is 9.86. The Morgan fingerprint density at radius 3 is 1.89 bits per heavy atom. The molecule has 0 saturated carbocycles. The van der Waals surface area contributed by atoms with E-state index >= 15 is 0 Å². The second-order valence-electron chi connectivity index (χ2n) is 11.3. The smallest absolute Gasteiger partial charge is 0.367 e.